The number of carbonyl (C=O) groups excluding carboxylic acids is 2. The Hall–Kier alpha value is -2.93. The van der Waals surface area contributed by atoms with E-state index in [1.54, 1.807) is 42.5 Å². The molecule has 0 aliphatic heterocycles. The third kappa shape index (κ3) is 2.61. The van der Waals surface area contributed by atoms with E-state index in [-0.39, 0.29) is 11.5 Å². The number of thiazole rings is 1. The minimum absolute atomic E-state index is 0.263. The highest BCUT2D eigenvalue weighted by molar-refractivity contribution is 7.22. The number of primary amides is 1. The van der Waals surface area contributed by atoms with Crippen LogP contribution in [0.4, 0.5) is 10.8 Å². The van der Waals surface area contributed by atoms with Crippen molar-refractivity contribution in [3.63, 3.8) is 0 Å². The van der Waals surface area contributed by atoms with Crippen molar-refractivity contribution >= 4 is 44.2 Å². The Morgan fingerprint density at radius 3 is 2.68 bits per heavy atom. The minimum atomic E-state index is -0.596. The Morgan fingerprint density at radius 2 is 1.91 bits per heavy atom. The molecule has 0 aliphatic carbocycles. The number of nitrogen functional groups attached to an aromatic ring is 1. The molecule has 22 heavy (non-hydrogen) atoms. The van der Waals surface area contributed by atoms with Crippen LogP contribution in [0.1, 0.15) is 20.7 Å². The van der Waals surface area contributed by atoms with E-state index in [1.165, 1.54) is 11.3 Å². The molecular formula is C15H12N4O2S. The summed E-state index contributed by atoms with van der Waals surface area (Å²) in [5.41, 5.74) is 12.8. The second kappa shape index (κ2) is 5.45. The van der Waals surface area contributed by atoms with Crippen molar-refractivity contribution in [2.45, 2.75) is 0 Å². The highest BCUT2D eigenvalue weighted by Crippen LogP contribution is 2.25. The lowest BCUT2D eigenvalue weighted by molar-refractivity contribution is 0.100. The van der Waals surface area contributed by atoms with E-state index in [9.17, 15) is 9.59 Å². The first-order valence-corrected chi connectivity index (χ1v) is 7.22. The second-order valence-electron chi connectivity index (χ2n) is 4.60. The lowest BCUT2D eigenvalue weighted by Crippen LogP contribution is -2.18. The Morgan fingerprint density at radius 1 is 1.14 bits per heavy atom. The number of nitrogens with two attached hydrogens (primary N) is 2. The second-order valence-corrected chi connectivity index (χ2v) is 5.66. The average Bonchev–Trinajstić information content (AvgIpc) is 2.86. The van der Waals surface area contributed by atoms with E-state index < -0.39 is 5.91 Å². The number of benzene rings is 2. The number of para-hydroxylation sites is 1. The van der Waals surface area contributed by atoms with E-state index in [0.717, 1.165) is 10.2 Å². The lowest BCUT2D eigenvalue weighted by atomic mass is 10.1. The summed E-state index contributed by atoms with van der Waals surface area (Å²) < 4.78 is 0.827. The molecule has 0 aliphatic rings. The Balaban J connectivity index is 1.91. The third-order valence-electron chi connectivity index (χ3n) is 3.11. The summed E-state index contributed by atoms with van der Waals surface area (Å²) in [7, 11) is 0. The van der Waals surface area contributed by atoms with E-state index >= 15 is 0 Å². The first-order valence-electron chi connectivity index (χ1n) is 6.41. The summed E-state index contributed by atoms with van der Waals surface area (Å²) in [5.74, 6) is -0.927. The zero-order valence-electron chi connectivity index (χ0n) is 11.4. The van der Waals surface area contributed by atoms with Crippen molar-refractivity contribution in [1.82, 2.24) is 4.98 Å². The van der Waals surface area contributed by atoms with Crippen molar-refractivity contribution in [2.75, 3.05) is 11.1 Å². The zero-order chi connectivity index (χ0) is 15.7. The quantitative estimate of drug-likeness (QED) is 0.688. The number of anilines is 2. The molecule has 3 rings (SSSR count). The van der Waals surface area contributed by atoms with Crippen LogP contribution in [0.25, 0.3) is 10.2 Å². The van der Waals surface area contributed by atoms with Gasteiger partial charge in [0.1, 0.15) is 0 Å². The molecule has 1 aromatic heterocycles. The number of rotatable bonds is 3. The molecule has 0 spiro atoms. The number of amides is 2. The summed E-state index contributed by atoms with van der Waals surface area (Å²) in [6.45, 7) is 0. The normalized spacial score (nSPS) is 10.5. The average molecular weight is 312 g/mol. The van der Waals surface area contributed by atoms with Gasteiger partial charge in [-0.25, -0.2) is 4.98 Å². The number of hydrogen-bond acceptors (Lipinski definition) is 5. The molecule has 110 valence electrons. The summed E-state index contributed by atoms with van der Waals surface area (Å²) in [6.07, 6.45) is 0. The molecule has 2 amide bonds. The molecule has 0 fully saturated rings. The molecule has 5 N–H and O–H groups in total. The molecule has 0 radical (unpaired) electrons. The van der Waals surface area contributed by atoms with Crippen LogP contribution in [0.2, 0.25) is 0 Å². The lowest BCUT2D eigenvalue weighted by Gasteiger charge is -2.08. The summed E-state index contributed by atoms with van der Waals surface area (Å²) in [6, 6.07) is 11.7. The Bertz CT molecular complexity index is 888. The van der Waals surface area contributed by atoms with Gasteiger partial charge in [-0.1, -0.05) is 23.5 Å². The van der Waals surface area contributed by atoms with Gasteiger partial charge in [-0.3, -0.25) is 9.59 Å². The Labute approximate surface area is 129 Å². The van der Waals surface area contributed by atoms with Crippen LogP contribution in [-0.2, 0) is 0 Å². The van der Waals surface area contributed by atoms with E-state index in [4.69, 9.17) is 11.5 Å². The third-order valence-corrected chi connectivity index (χ3v) is 3.96. The SMILES string of the molecule is NC(=O)c1ccccc1NC(=O)c1ccc2nc(N)sc2c1. The molecule has 0 saturated heterocycles. The van der Waals surface area contributed by atoms with Gasteiger partial charge in [0, 0.05) is 5.56 Å². The molecule has 1 heterocycles. The van der Waals surface area contributed by atoms with Crippen LogP contribution in [0.3, 0.4) is 0 Å². The first kappa shape index (κ1) is 14.0. The fourth-order valence-corrected chi connectivity index (χ4v) is 2.86. The number of nitrogens with zero attached hydrogens (tertiary/aromatic N) is 1. The highest BCUT2D eigenvalue weighted by atomic mass is 32.1. The van der Waals surface area contributed by atoms with Gasteiger partial charge in [0.2, 0.25) is 0 Å². The maximum absolute atomic E-state index is 12.3. The smallest absolute Gasteiger partial charge is 0.255 e. The molecule has 3 aromatic rings. The summed E-state index contributed by atoms with van der Waals surface area (Å²) in [4.78, 5) is 27.8. The molecule has 0 saturated carbocycles. The van der Waals surface area contributed by atoms with Gasteiger partial charge < -0.3 is 16.8 Å². The maximum atomic E-state index is 12.3. The molecule has 6 nitrogen and oxygen atoms in total. The number of aromatic nitrogens is 1. The largest absolute Gasteiger partial charge is 0.375 e. The van der Waals surface area contributed by atoms with Crippen LogP contribution in [0.5, 0.6) is 0 Å². The fourth-order valence-electron chi connectivity index (χ4n) is 2.09. The van der Waals surface area contributed by atoms with Crippen molar-refractivity contribution in [1.29, 1.82) is 0 Å². The van der Waals surface area contributed by atoms with Gasteiger partial charge in [0.15, 0.2) is 5.13 Å². The van der Waals surface area contributed by atoms with Gasteiger partial charge in [-0.2, -0.15) is 0 Å². The van der Waals surface area contributed by atoms with Crippen molar-refractivity contribution in [3.05, 3.63) is 53.6 Å². The van der Waals surface area contributed by atoms with E-state index in [1.807, 2.05) is 0 Å². The van der Waals surface area contributed by atoms with Crippen molar-refractivity contribution in [2.24, 2.45) is 5.73 Å². The number of nitrogens with one attached hydrogen (secondary N) is 1. The minimum Gasteiger partial charge on any atom is -0.375 e. The Kier molecular flexibility index (Phi) is 3.48. The van der Waals surface area contributed by atoms with E-state index in [0.29, 0.717) is 16.4 Å². The predicted octanol–water partition coefficient (Wildman–Crippen LogP) is 2.23. The summed E-state index contributed by atoms with van der Waals surface area (Å²) in [5, 5.41) is 3.14. The molecule has 0 atom stereocenters. The number of hydrogen-bond donors (Lipinski definition) is 3. The predicted molar refractivity (Wildman–Crippen MR) is 86.9 cm³/mol. The van der Waals surface area contributed by atoms with Crippen LogP contribution in [0.15, 0.2) is 42.5 Å². The number of carbonyl (C=O) groups is 2. The van der Waals surface area contributed by atoms with Gasteiger partial charge >= 0.3 is 0 Å². The fraction of sp³-hybridized carbons (Fsp3) is 0. The zero-order valence-corrected chi connectivity index (χ0v) is 12.2. The molecule has 7 heteroatoms. The number of fused-ring (bicyclic) bond motifs is 1. The molecule has 0 bridgehead atoms. The van der Waals surface area contributed by atoms with Gasteiger partial charge in [0.25, 0.3) is 11.8 Å². The maximum Gasteiger partial charge on any atom is 0.255 e. The highest BCUT2D eigenvalue weighted by Gasteiger charge is 2.13. The monoisotopic (exact) mass is 312 g/mol. The van der Waals surface area contributed by atoms with Gasteiger partial charge in [0.05, 0.1) is 21.5 Å². The standard InChI is InChI=1S/C15H12N4O2S/c16-13(20)9-3-1-2-4-10(9)18-14(21)8-5-6-11-12(7-8)22-15(17)19-11/h1-7H,(H2,16,20)(H2,17,19)(H,18,21). The van der Waals surface area contributed by atoms with Crippen LogP contribution in [0, 0.1) is 0 Å². The topological polar surface area (TPSA) is 111 Å². The van der Waals surface area contributed by atoms with Crippen LogP contribution >= 0.6 is 11.3 Å². The van der Waals surface area contributed by atoms with Crippen LogP contribution < -0.4 is 16.8 Å². The summed E-state index contributed by atoms with van der Waals surface area (Å²) >= 11 is 1.31. The first-order chi connectivity index (χ1) is 10.5. The molecule has 0 unspecified atom stereocenters. The molecule has 2 aromatic carbocycles. The van der Waals surface area contributed by atoms with Crippen molar-refractivity contribution in [3.8, 4) is 0 Å². The van der Waals surface area contributed by atoms with Gasteiger partial charge in [-0.05, 0) is 30.3 Å². The molecular weight excluding hydrogens is 300 g/mol. The van der Waals surface area contributed by atoms with Crippen LogP contribution in [-0.4, -0.2) is 16.8 Å². The van der Waals surface area contributed by atoms with Gasteiger partial charge in [-0.15, -0.1) is 0 Å². The van der Waals surface area contributed by atoms with Crippen molar-refractivity contribution < 1.29 is 9.59 Å². The van der Waals surface area contributed by atoms with E-state index in [2.05, 4.69) is 10.3 Å².